The summed E-state index contributed by atoms with van der Waals surface area (Å²) in [5, 5.41) is 9.37. The smallest absolute Gasteiger partial charge is 0.341 e. The molecule has 0 aromatic carbocycles. The number of nitrogens with zero attached hydrogens (tertiary/aromatic N) is 2. The number of amides is 1. The van der Waals surface area contributed by atoms with Gasteiger partial charge in [-0.15, -0.1) is 0 Å². The molecule has 25 heavy (non-hydrogen) atoms. The van der Waals surface area contributed by atoms with Gasteiger partial charge in [0.2, 0.25) is 5.43 Å². The minimum Gasteiger partial charge on any atom is -0.491 e. The van der Waals surface area contributed by atoms with Gasteiger partial charge in [-0.1, -0.05) is 0 Å². The van der Waals surface area contributed by atoms with Gasteiger partial charge in [0, 0.05) is 12.2 Å². The third-order valence-corrected chi connectivity index (χ3v) is 5.65. The molecule has 8 heteroatoms. The average molecular weight is 348 g/mol. The number of aromatic carboxylic acids is 1. The normalized spacial score (nSPS) is 30.5. The Hall–Kier alpha value is -2.35. The van der Waals surface area contributed by atoms with E-state index in [1.165, 1.54) is 13.3 Å². The summed E-state index contributed by atoms with van der Waals surface area (Å²) in [5.74, 6) is -1.88. The fraction of sp³-hybridized carbons (Fsp3) is 0.588. The Morgan fingerprint density at radius 3 is 2.84 bits per heavy atom. The van der Waals surface area contributed by atoms with Crippen molar-refractivity contribution >= 4 is 11.9 Å². The second kappa shape index (κ2) is 5.32. The van der Waals surface area contributed by atoms with Crippen molar-refractivity contribution in [2.75, 3.05) is 13.7 Å². The minimum atomic E-state index is -1.33. The van der Waals surface area contributed by atoms with Crippen LogP contribution in [0.1, 0.15) is 59.5 Å². The second-order valence-corrected chi connectivity index (χ2v) is 6.88. The van der Waals surface area contributed by atoms with Crippen molar-refractivity contribution in [2.24, 2.45) is 0 Å². The number of hydrogen-bond donors (Lipinski definition) is 1. The lowest BCUT2D eigenvalue weighted by Crippen LogP contribution is -2.66. The van der Waals surface area contributed by atoms with E-state index in [0.717, 1.165) is 19.3 Å². The zero-order chi connectivity index (χ0) is 17.9. The number of carboxylic acids is 1. The Morgan fingerprint density at radius 2 is 2.16 bits per heavy atom. The third-order valence-electron chi connectivity index (χ3n) is 5.65. The number of carbonyl (C=O) groups excluding carboxylic acids is 1. The molecule has 1 saturated carbocycles. The topological polar surface area (TPSA) is 98.1 Å². The van der Waals surface area contributed by atoms with E-state index in [1.807, 2.05) is 6.92 Å². The molecule has 4 rings (SSSR count). The van der Waals surface area contributed by atoms with Crippen LogP contribution in [0, 0.1) is 0 Å². The van der Waals surface area contributed by atoms with Gasteiger partial charge in [-0.3, -0.25) is 9.59 Å². The molecule has 1 aliphatic carbocycles. The van der Waals surface area contributed by atoms with Crippen molar-refractivity contribution in [3.63, 3.8) is 0 Å². The molecule has 0 bridgehead atoms. The number of hydrogen-bond acceptors (Lipinski definition) is 5. The first kappa shape index (κ1) is 16.1. The van der Waals surface area contributed by atoms with Crippen LogP contribution in [0.25, 0.3) is 0 Å². The first-order valence-electron chi connectivity index (χ1n) is 8.46. The summed E-state index contributed by atoms with van der Waals surface area (Å²) in [4.78, 5) is 39.0. The van der Waals surface area contributed by atoms with Gasteiger partial charge in [0.15, 0.2) is 17.2 Å². The van der Waals surface area contributed by atoms with E-state index in [9.17, 15) is 19.5 Å². The van der Waals surface area contributed by atoms with Gasteiger partial charge >= 0.3 is 5.97 Å². The van der Waals surface area contributed by atoms with Crippen LogP contribution in [-0.4, -0.2) is 51.9 Å². The van der Waals surface area contributed by atoms with E-state index in [4.69, 9.17) is 9.47 Å². The maximum Gasteiger partial charge on any atom is 0.341 e. The molecule has 1 spiro atoms. The number of carboxylic acid groups (broad SMARTS) is 1. The summed E-state index contributed by atoms with van der Waals surface area (Å²) < 4.78 is 12.9. The highest BCUT2D eigenvalue weighted by Gasteiger charge is 2.59. The summed E-state index contributed by atoms with van der Waals surface area (Å²) in [6.45, 7) is 2.53. The predicted octanol–water partition coefficient (Wildman–Crippen LogP) is 1.24. The average Bonchev–Trinajstić information content (AvgIpc) is 2.97. The number of carbonyl (C=O) groups is 2. The highest BCUT2D eigenvalue weighted by Crippen LogP contribution is 2.51. The fourth-order valence-corrected chi connectivity index (χ4v) is 4.62. The Kier molecular flexibility index (Phi) is 3.44. The molecule has 0 unspecified atom stereocenters. The SMILES string of the molecule is COc1c2n(cc(C(=O)O)c1=O)[C@@H]1CCC[C@@]13OCC[C@H](C)N3C2=O. The molecule has 1 aromatic rings. The van der Waals surface area contributed by atoms with E-state index < -0.39 is 22.7 Å². The van der Waals surface area contributed by atoms with Crippen LogP contribution in [0.2, 0.25) is 0 Å². The number of methoxy groups -OCH3 is 1. The standard InChI is InChI=1S/C17H20N2O6/c1-9-5-7-25-17-6-3-4-11(17)18-8-10(16(22)23)13(20)14(24-2)12(18)15(21)19(9)17/h8-9,11H,3-7H2,1-2H3,(H,22,23)/t9-,11+,17+/m0/s1. The lowest BCUT2D eigenvalue weighted by atomic mass is 9.93. The van der Waals surface area contributed by atoms with Gasteiger partial charge in [-0.05, 0) is 32.6 Å². The predicted molar refractivity (Wildman–Crippen MR) is 86.0 cm³/mol. The molecular weight excluding hydrogens is 328 g/mol. The summed E-state index contributed by atoms with van der Waals surface area (Å²) in [6.07, 6.45) is 4.30. The zero-order valence-corrected chi connectivity index (χ0v) is 14.2. The molecule has 1 aromatic heterocycles. The Morgan fingerprint density at radius 1 is 1.40 bits per heavy atom. The first-order valence-corrected chi connectivity index (χ1v) is 8.46. The third kappa shape index (κ3) is 1.94. The maximum atomic E-state index is 13.3. The van der Waals surface area contributed by atoms with Crippen LogP contribution in [0.3, 0.4) is 0 Å². The van der Waals surface area contributed by atoms with E-state index in [2.05, 4.69) is 0 Å². The summed E-state index contributed by atoms with van der Waals surface area (Å²) in [5.41, 5.74) is -1.81. The largest absolute Gasteiger partial charge is 0.491 e. The molecule has 1 amide bonds. The molecule has 3 atom stereocenters. The molecule has 1 N–H and O–H groups in total. The molecule has 1 saturated heterocycles. The van der Waals surface area contributed by atoms with Crippen molar-refractivity contribution in [1.82, 2.24) is 9.47 Å². The van der Waals surface area contributed by atoms with Crippen LogP contribution < -0.4 is 10.2 Å². The number of ether oxygens (including phenoxy) is 2. The molecular formula is C17H20N2O6. The number of aromatic nitrogens is 1. The highest BCUT2D eigenvalue weighted by molar-refractivity contribution is 5.98. The quantitative estimate of drug-likeness (QED) is 0.863. The lowest BCUT2D eigenvalue weighted by Gasteiger charge is -2.54. The van der Waals surface area contributed by atoms with Crippen LogP contribution in [0.15, 0.2) is 11.0 Å². The Labute approximate surface area is 143 Å². The summed E-state index contributed by atoms with van der Waals surface area (Å²) in [6, 6.07) is -0.245. The summed E-state index contributed by atoms with van der Waals surface area (Å²) >= 11 is 0. The van der Waals surface area contributed by atoms with Crippen molar-refractivity contribution in [3.05, 3.63) is 27.7 Å². The molecule has 134 valence electrons. The Balaban J connectivity index is 2.03. The van der Waals surface area contributed by atoms with Crippen LogP contribution in [-0.2, 0) is 4.74 Å². The van der Waals surface area contributed by atoms with E-state index >= 15 is 0 Å². The molecule has 2 fully saturated rings. The fourth-order valence-electron chi connectivity index (χ4n) is 4.62. The van der Waals surface area contributed by atoms with Crippen LogP contribution in [0.4, 0.5) is 0 Å². The molecule has 0 radical (unpaired) electrons. The van der Waals surface area contributed by atoms with E-state index in [-0.39, 0.29) is 29.4 Å². The lowest BCUT2D eigenvalue weighted by molar-refractivity contribution is -0.204. The molecule has 3 aliphatic rings. The highest BCUT2D eigenvalue weighted by atomic mass is 16.5. The molecule has 3 heterocycles. The van der Waals surface area contributed by atoms with Gasteiger partial charge in [-0.25, -0.2) is 4.79 Å². The number of pyridine rings is 1. The van der Waals surface area contributed by atoms with Gasteiger partial charge in [0.1, 0.15) is 5.56 Å². The monoisotopic (exact) mass is 348 g/mol. The Bertz CT molecular complexity index is 831. The van der Waals surface area contributed by atoms with Gasteiger partial charge in [0.25, 0.3) is 5.91 Å². The van der Waals surface area contributed by atoms with Crippen LogP contribution in [0.5, 0.6) is 5.75 Å². The van der Waals surface area contributed by atoms with Crippen molar-refractivity contribution in [2.45, 2.75) is 50.4 Å². The molecule has 8 nitrogen and oxygen atoms in total. The van der Waals surface area contributed by atoms with Crippen molar-refractivity contribution in [1.29, 1.82) is 0 Å². The van der Waals surface area contributed by atoms with Crippen molar-refractivity contribution < 1.29 is 24.2 Å². The van der Waals surface area contributed by atoms with Crippen LogP contribution >= 0.6 is 0 Å². The number of fused-ring (bicyclic) bond motifs is 2. The second-order valence-electron chi connectivity index (χ2n) is 6.88. The zero-order valence-electron chi connectivity index (χ0n) is 14.2. The molecule has 2 aliphatic heterocycles. The van der Waals surface area contributed by atoms with Gasteiger partial charge < -0.3 is 24.0 Å². The van der Waals surface area contributed by atoms with Crippen molar-refractivity contribution in [3.8, 4) is 5.75 Å². The maximum absolute atomic E-state index is 13.3. The summed E-state index contributed by atoms with van der Waals surface area (Å²) in [7, 11) is 1.28. The van der Waals surface area contributed by atoms with Gasteiger partial charge in [-0.2, -0.15) is 0 Å². The first-order chi connectivity index (χ1) is 11.9. The van der Waals surface area contributed by atoms with E-state index in [1.54, 1.807) is 9.47 Å². The minimum absolute atomic E-state index is 0.0189. The van der Waals surface area contributed by atoms with E-state index in [0.29, 0.717) is 13.0 Å². The van der Waals surface area contributed by atoms with Gasteiger partial charge in [0.05, 0.1) is 19.8 Å². The number of rotatable bonds is 2.